The molecule has 1 aliphatic carbocycles. The third-order valence-electron chi connectivity index (χ3n) is 3.27. The molecule has 1 aromatic rings. The van der Waals surface area contributed by atoms with E-state index in [1.807, 2.05) is 24.3 Å². The van der Waals surface area contributed by atoms with Crippen molar-refractivity contribution < 1.29 is 4.74 Å². The monoisotopic (exact) mass is 213 g/mol. The zero-order valence-corrected chi connectivity index (χ0v) is 9.76. The second-order valence-electron chi connectivity index (χ2n) is 4.10. The van der Waals surface area contributed by atoms with Gasteiger partial charge >= 0.3 is 0 Å². The summed E-state index contributed by atoms with van der Waals surface area (Å²) in [5.41, 5.74) is 0.983. The van der Waals surface area contributed by atoms with Gasteiger partial charge in [0.1, 0.15) is 0 Å². The number of hydrogen-bond acceptors (Lipinski definition) is 1. The van der Waals surface area contributed by atoms with Crippen molar-refractivity contribution in [3.05, 3.63) is 66.6 Å². The minimum absolute atomic E-state index is 0.305. The molecule has 0 bridgehead atoms. The van der Waals surface area contributed by atoms with E-state index < -0.39 is 0 Å². The van der Waals surface area contributed by atoms with Gasteiger partial charge < -0.3 is 4.74 Å². The first-order valence-electron chi connectivity index (χ1n) is 5.59. The maximum absolute atomic E-state index is 5.70. The van der Waals surface area contributed by atoms with Gasteiger partial charge in [-0.05, 0) is 5.56 Å². The van der Waals surface area contributed by atoms with Crippen LogP contribution in [0.3, 0.4) is 0 Å². The largest absolute Gasteiger partial charge is 0.373 e. The van der Waals surface area contributed by atoms with Gasteiger partial charge in [0.2, 0.25) is 0 Å². The molecule has 0 N–H and O–H groups in total. The van der Waals surface area contributed by atoms with Gasteiger partial charge in [-0.25, -0.2) is 0 Å². The molecule has 0 fully saturated rings. The second-order valence-corrected chi connectivity index (χ2v) is 4.10. The van der Waals surface area contributed by atoms with Crippen molar-refractivity contribution in [3.8, 4) is 0 Å². The van der Waals surface area contributed by atoms with E-state index in [9.17, 15) is 0 Å². The van der Waals surface area contributed by atoms with Gasteiger partial charge in [-0.2, -0.15) is 0 Å². The third-order valence-corrected chi connectivity index (χ3v) is 3.27. The molecule has 0 saturated heterocycles. The van der Waals surface area contributed by atoms with E-state index in [0.29, 0.717) is 5.92 Å². The molecule has 83 valence electrons. The number of allylic oxidation sites excluding steroid dienone is 2. The van der Waals surface area contributed by atoms with Gasteiger partial charge in [-0.15, -0.1) is 0 Å². The van der Waals surface area contributed by atoms with E-state index in [1.54, 1.807) is 7.11 Å². The lowest BCUT2D eigenvalue weighted by molar-refractivity contribution is 0.0434. The maximum atomic E-state index is 5.70. The zero-order valence-electron chi connectivity index (χ0n) is 9.76. The van der Waals surface area contributed by atoms with Crippen molar-refractivity contribution in [2.24, 2.45) is 0 Å². The van der Waals surface area contributed by atoms with Crippen LogP contribution in [0.1, 0.15) is 18.4 Å². The normalized spacial score (nSPS) is 25.6. The lowest BCUT2D eigenvalue weighted by Crippen LogP contribution is -2.36. The minimum atomic E-state index is -0.309. The van der Waals surface area contributed by atoms with Crippen LogP contribution in [0.2, 0.25) is 0 Å². The fraction of sp³-hybridized carbons (Fsp3) is 0.267. The summed E-state index contributed by atoms with van der Waals surface area (Å²) in [5, 5.41) is 0. The standard InChI is InChI=1S/C15H17O/c1-13(14-9-5-3-6-10-14)15(16-2)11-7-4-8-12-15/h3-13H,1-2H3. The molecule has 1 radical (unpaired) electrons. The summed E-state index contributed by atoms with van der Waals surface area (Å²) in [5.74, 6) is 0.305. The predicted molar refractivity (Wildman–Crippen MR) is 67.2 cm³/mol. The average Bonchev–Trinajstić information content (AvgIpc) is 2.39. The smallest absolute Gasteiger partial charge is 0.0996 e. The van der Waals surface area contributed by atoms with Gasteiger partial charge in [0.05, 0.1) is 5.60 Å². The molecule has 2 unspecified atom stereocenters. The molecule has 0 spiro atoms. The highest BCUT2D eigenvalue weighted by atomic mass is 16.5. The van der Waals surface area contributed by atoms with Crippen LogP contribution in [-0.4, -0.2) is 12.7 Å². The van der Waals surface area contributed by atoms with Crippen LogP contribution in [0, 0.1) is 6.42 Å². The van der Waals surface area contributed by atoms with Crippen LogP contribution in [0.5, 0.6) is 0 Å². The number of hydrogen-bond donors (Lipinski definition) is 0. The van der Waals surface area contributed by atoms with E-state index in [0.717, 1.165) is 0 Å². The highest BCUT2D eigenvalue weighted by molar-refractivity contribution is 5.35. The lowest BCUT2D eigenvalue weighted by atomic mass is 9.79. The van der Waals surface area contributed by atoms with Crippen molar-refractivity contribution in [2.75, 3.05) is 7.11 Å². The topological polar surface area (TPSA) is 9.23 Å². The predicted octanol–water partition coefficient (Wildman–Crippen LogP) is 3.51. The Morgan fingerprint density at radius 1 is 1.06 bits per heavy atom. The van der Waals surface area contributed by atoms with E-state index in [2.05, 4.69) is 43.7 Å². The second kappa shape index (κ2) is 4.67. The minimum Gasteiger partial charge on any atom is -0.373 e. The Balaban J connectivity index is 2.29. The van der Waals surface area contributed by atoms with Gasteiger partial charge in [-0.1, -0.05) is 61.6 Å². The van der Waals surface area contributed by atoms with Crippen molar-refractivity contribution in [1.29, 1.82) is 0 Å². The molecule has 1 aliphatic rings. The van der Waals surface area contributed by atoms with Crippen molar-refractivity contribution in [1.82, 2.24) is 0 Å². The van der Waals surface area contributed by atoms with E-state index in [1.165, 1.54) is 5.56 Å². The fourth-order valence-corrected chi connectivity index (χ4v) is 2.14. The van der Waals surface area contributed by atoms with E-state index in [4.69, 9.17) is 4.74 Å². The molecule has 0 aliphatic heterocycles. The molecule has 0 aromatic heterocycles. The molecular weight excluding hydrogens is 196 g/mol. The molecule has 1 heteroatoms. The Morgan fingerprint density at radius 3 is 2.38 bits per heavy atom. The Kier molecular flexibility index (Phi) is 3.25. The number of ether oxygens (including phenoxy) is 1. The van der Waals surface area contributed by atoms with Gasteiger partial charge in [0.15, 0.2) is 0 Å². The summed E-state index contributed by atoms with van der Waals surface area (Å²) >= 11 is 0. The Morgan fingerprint density at radius 2 is 1.81 bits per heavy atom. The van der Waals surface area contributed by atoms with Crippen LogP contribution >= 0.6 is 0 Å². The number of benzene rings is 1. The van der Waals surface area contributed by atoms with Crippen LogP contribution < -0.4 is 0 Å². The summed E-state index contributed by atoms with van der Waals surface area (Å²) in [7, 11) is 1.76. The first-order chi connectivity index (χ1) is 7.78. The van der Waals surface area contributed by atoms with Crippen LogP contribution in [0.4, 0.5) is 0 Å². The molecule has 0 saturated carbocycles. The quantitative estimate of drug-likeness (QED) is 0.746. The van der Waals surface area contributed by atoms with Gasteiger partial charge in [-0.3, -0.25) is 0 Å². The van der Waals surface area contributed by atoms with Gasteiger partial charge in [0.25, 0.3) is 0 Å². The van der Waals surface area contributed by atoms with Crippen LogP contribution in [0.15, 0.2) is 54.6 Å². The van der Waals surface area contributed by atoms with Crippen LogP contribution in [0.25, 0.3) is 0 Å². The SMILES string of the molecule is COC1(C(C)c2ccccc2)[CH]C=CC=C1. The number of rotatable bonds is 3. The molecule has 1 nitrogen and oxygen atoms in total. The molecule has 16 heavy (non-hydrogen) atoms. The fourth-order valence-electron chi connectivity index (χ4n) is 2.14. The first kappa shape index (κ1) is 11.2. The van der Waals surface area contributed by atoms with Crippen LogP contribution in [-0.2, 0) is 4.74 Å². The summed E-state index contributed by atoms with van der Waals surface area (Å²) < 4.78 is 5.70. The summed E-state index contributed by atoms with van der Waals surface area (Å²) in [6, 6.07) is 10.5. The summed E-state index contributed by atoms with van der Waals surface area (Å²) in [4.78, 5) is 0. The van der Waals surface area contributed by atoms with Crippen molar-refractivity contribution in [3.63, 3.8) is 0 Å². The Hall–Kier alpha value is -1.34. The van der Waals surface area contributed by atoms with Crippen molar-refractivity contribution >= 4 is 0 Å². The molecule has 1 aromatic carbocycles. The highest BCUT2D eigenvalue weighted by Crippen LogP contribution is 2.36. The first-order valence-corrected chi connectivity index (χ1v) is 5.59. The molecule has 2 rings (SSSR count). The van der Waals surface area contributed by atoms with E-state index >= 15 is 0 Å². The van der Waals surface area contributed by atoms with Gasteiger partial charge in [0, 0.05) is 19.4 Å². The summed E-state index contributed by atoms with van der Waals surface area (Å²) in [6.07, 6.45) is 10.3. The maximum Gasteiger partial charge on any atom is 0.0996 e. The molecule has 2 atom stereocenters. The Bertz CT molecular complexity index is 391. The third kappa shape index (κ3) is 1.96. The van der Waals surface area contributed by atoms with E-state index in [-0.39, 0.29) is 5.60 Å². The Labute approximate surface area is 97.4 Å². The molecular formula is C15H17O. The molecule has 0 heterocycles. The average molecular weight is 213 g/mol. The highest BCUT2D eigenvalue weighted by Gasteiger charge is 2.34. The zero-order chi connectivity index (χ0) is 11.4. The van der Waals surface area contributed by atoms with Crippen molar-refractivity contribution in [2.45, 2.75) is 18.4 Å². The molecule has 0 amide bonds. The number of methoxy groups -OCH3 is 1. The lowest BCUT2D eigenvalue weighted by Gasteiger charge is -2.35. The summed E-state index contributed by atoms with van der Waals surface area (Å²) in [6.45, 7) is 2.19.